The lowest BCUT2D eigenvalue weighted by Gasteiger charge is -2.31. The molecule has 6 heteroatoms. The predicted molar refractivity (Wildman–Crippen MR) is 79.0 cm³/mol. The van der Waals surface area contributed by atoms with Gasteiger partial charge < -0.3 is 9.32 Å². The highest BCUT2D eigenvalue weighted by Gasteiger charge is 2.23. The molecule has 0 radical (unpaired) electrons. The molecule has 0 amide bonds. The fraction of sp³-hybridized carbons (Fsp3) is 0.400. The lowest BCUT2D eigenvalue weighted by molar-refractivity contribution is 0.341. The quantitative estimate of drug-likeness (QED) is 0.738. The van der Waals surface area contributed by atoms with E-state index in [1.807, 2.05) is 28.9 Å². The van der Waals surface area contributed by atoms with Crippen LogP contribution in [0.5, 0.6) is 0 Å². The van der Waals surface area contributed by atoms with Gasteiger partial charge in [-0.3, -0.25) is 4.68 Å². The SMILES string of the molecule is c1ccc2oc(N3CCCC(Cn4cncn4)C3)nc2c1. The zero-order chi connectivity index (χ0) is 14.1. The van der Waals surface area contributed by atoms with Gasteiger partial charge in [-0.25, -0.2) is 4.98 Å². The van der Waals surface area contributed by atoms with Crippen LogP contribution in [0.3, 0.4) is 0 Å². The molecule has 0 spiro atoms. The molecule has 0 aliphatic carbocycles. The van der Waals surface area contributed by atoms with Gasteiger partial charge >= 0.3 is 0 Å². The van der Waals surface area contributed by atoms with Crippen molar-refractivity contribution in [2.75, 3.05) is 18.0 Å². The molecule has 3 heterocycles. The molecule has 1 aromatic carbocycles. The predicted octanol–water partition coefficient (Wildman–Crippen LogP) is 2.34. The van der Waals surface area contributed by atoms with Crippen LogP contribution in [-0.4, -0.2) is 32.8 Å². The number of benzene rings is 1. The Morgan fingerprint density at radius 2 is 2.24 bits per heavy atom. The van der Waals surface area contributed by atoms with Crippen molar-refractivity contribution in [2.24, 2.45) is 5.92 Å². The van der Waals surface area contributed by atoms with E-state index in [1.165, 1.54) is 6.42 Å². The molecule has 3 aromatic rings. The Balaban J connectivity index is 1.52. The van der Waals surface area contributed by atoms with Crippen molar-refractivity contribution in [1.29, 1.82) is 0 Å². The minimum absolute atomic E-state index is 0.551. The first-order valence-electron chi connectivity index (χ1n) is 7.31. The van der Waals surface area contributed by atoms with Gasteiger partial charge in [-0.1, -0.05) is 12.1 Å². The minimum Gasteiger partial charge on any atom is -0.423 e. The van der Waals surface area contributed by atoms with Gasteiger partial charge in [-0.15, -0.1) is 0 Å². The Labute approximate surface area is 122 Å². The van der Waals surface area contributed by atoms with Gasteiger partial charge in [0.15, 0.2) is 5.58 Å². The summed E-state index contributed by atoms with van der Waals surface area (Å²) in [4.78, 5) is 10.8. The largest absolute Gasteiger partial charge is 0.423 e. The van der Waals surface area contributed by atoms with Crippen molar-refractivity contribution >= 4 is 17.1 Å². The third-order valence-corrected chi connectivity index (χ3v) is 3.98. The Hall–Kier alpha value is -2.37. The van der Waals surface area contributed by atoms with Gasteiger partial charge in [0.1, 0.15) is 18.2 Å². The Morgan fingerprint density at radius 1 is 1.29 bits per heavy atom. The smallest absolute Gasteiger partial charge is 0.298 e. The first-order valence-corrected chi connectivity index (χ1v) is 7.31. The molecule has 1 unspecified atom stereocenters. The molecule has 1 atom stereocenters. The van der Waals surface area contributed by atoms with E-state index in [-0.39, 0.29) is 0 Å². The summed E-state index contributed by atoms with van der Waals surface area (Å²) in [5, 5.41) is 4.19. The third kappa shape index (κ3) is 2.49. The van der Waals surface area contributed by atoms with E-state index in [9.17, 15) is 0 Å². The van der Waals surface area contributed by atoms with Crippen LogP contribution in [0.4, 0.5) is 6.01 Å². The summed E-state index contributed by atoms with van der Waals surface area (Å²) in [5.41, 5.74) is 1.77. The van der Waals surface area contributed by atoms with Crippen LogP contribution in [0.25, 0.3) is 11.1 Å². The van der Waals surface area contributed by atoms with Crippen LogP contribution in [0.2, 0.25) is 0 Å². The first-order chi connectivity index (χ1) is 10.4. The van der Waals surface area contributed by atoms with Crippen LogP contribution in [0.1, 0.15) is 12.8 Å². The number of hydrogen-bond acceptors (Lipinski definition) is 5. The number of hydrogen-bond donors (Lipinski definition) is 0. The molecule has 0 saturated carbocycles. The summed E-state index contributed by atoms with van der Waals surface area (Å²) in [7, 11) is 0. The molecule has 1 fully saturated rings. The second-order valence-electron chi connectivity index (χ2n) is 5.54. The number of rotatable bonds is 3. The third-order valence-electron chi connectivity index (χ3n) is 3.98. The first kappa shape index (κ1) is 12.4. The molecule has 108 valence electrons. The molecule has 1 aliphatic heterocycles. The molecule has 1 aliphatic rings. The maximum absolute atomic E-state index is 5.87. The standard InChI is InChI=1S/C15H17N5O/c1-2-6-14-13(5-1)18-15(21-14)19-7-3-4-12(8-19)9-20-11-16-10-17-20/h1-2,5-6,10-12H,3-4,7-9H2. The number of fused-ring (bicyclic) bond motifs is 1. The van der Waals surface area contributed by atoms with Crippen molar-refractivity contribution in [3.8, 4) is 0 Å². The highest BCUT2D eigenvalue weighted by Crippen LogP contribution is 2.26. The van der Waals surface area contributed by atoms with Crippen LogP contribution in [0, 0.1) is 5.92 Å². The lowest BCUT2D eigenvalue weighted by Crippen LogP contribution is -2.37. The normalized spacial score (nSPS) is 19.2. The van der Waals surface area contributed by atoms with E-state index in [2.05, 4.69) is 20.0 Å². The summed E-state index contributed by atoms with van der Waals surface area (Å²) in [6.45, 7) is 2.85. The van der Waals surface area contributed by atoms with E-state index in [4.69, 9.17) is 4.42 Å². The summed E-state index contributed by atoms with van der Waals surface area (Å²) in [6.07, 6.45) is 5.72. The monoisotopic (exact) mass is 283 g/mol. The lowest BCUT2D eigenvalue weighted by atomic mass is 9.98. The van der Waals surface area contributed by atoms with Gasteiger partial charge in [-0.05, 0) is 30.9 Å². The van der Waals surface area contributed by atoms with E-state index in [1.54, 1.807) is 12.7 Å². The number of oxazole rings is 1. The van der Waals surface area contributed by atoms with Crippen LogP contribution < -0.4 is 4.90 Å². The second kappa shape index (κ2) is 5.20. The van der Waals surface area contributed by atoms with Gasteiger partial charge in [0.05, 0.1) is 0 Å². The zero-order valence-electron chi connectivity index (χ0n) is 11.7. The van der Waals surface area contributed by atoms with Gasteiger partial charge in [0, 0.05) is 19.6 Å². The van der Waals surface area contributed by atoms with Crippen molar-refractivity contribution in [3.05, 3.63) is 36.9 Å². The summed E-state index contributed by atoms with van der Waals surface area (Å²) < 4.78 is 7.77. The molecular formula is C15H17N5O. The number of nitrogens with zero attached hydrogens (tertiary/aromatic N) is 5. The van der Waals surface area contributed by atoms with Crippen molar-refractivity contribution < 1.29 is 4.42 Å². The summed E-state index contributed by atoms with van der Waals surface area (Å²) >= 11 is 0. The van der Waals surface area contributed by atoms with E-state index in [0.717, 1.165) is 43.2 Å². The van der Waals surface area contributed by atoms with Crippen molar-refractivity contribution in [2.45, 2.75) is 19.4 Å². The fourth-order valence-corrected chi connectivity index (χ4v) is 2.97. The summed E-state index contributed by atoms with van der Waals surface area (Å²) in [6, 6.07) is 8.64. The van der Waals surface area contributed by atoms with Crippen LogP contribution in [-0.2, 0) is 6.54 Å². The maximum atomic E-state index is 5.87. The number of anilines is 1. The Morgan fingerprint density at radius 3 is 3.10 bits per heavy atom. The highest BCUT2D eigenvalue weighted by molar-refractivity contribution is 5.74. The average Bonchev–Trinajstić information content (AvgIpc) is 3.16. The van der Waals surface area contributed by atoms with Gasteiger partial charge in [-0.2, -0.15) is 10.1 Å². The molecule has 21 heavy (non-hydrogen) atoms. The number of aromatic nitrogens is 4. The summed E-state index contributed by atoms with van der Waals surface area (Å²) in [5.74, 6) is 0.551. The Bertz CT molecular complexity index is 688. The van der Waals surface area contributed by atoms with Crippen LogP contribution in [0.15, 0.2) is 41.3 Å². The Kier molecular flexibility index (Phi) is 3.06. The molecule has 1 saturated heterocycles. The topological polar surface area (TPSA) is 60.0 Å². The van der Waals surface area contributed by atoms with E-state index in [0.29, 0.717) is 5.92 Å². The average molecular weight is 283 g/mol. The fourth-order valence-electron chi connectivity index (χ4n) is 2.97. The van der Waals surface area contributed by atoms with Crippen molar-refractivity contribution in [1.82, 2.24) is 19.7 Å². The minimum atomic E-state index is 0.551. The number of piperidine rings is 1. The van der Waals surface area contributed by atoms with Crippen molar-refractivity contribution in [3.63, 3.8) is 0 Å². The molecule has 2 aromatic heterocycles. The second-order valence-corrected chi connectivity index (χ2v) is 5.54. The molecule has 0 N–H and O–H groups in total. The van der Waals surface area contributed by atoms with E-state index < -0.39 is 0 Å². The van der Waals surface area contributed by atoms with Gasteiger partial charge in [0.2, 0.25) is 0 Å². The maximum Gasteiger partial charge on any atom is 0.298 e. The molecule has 4 rings (SSSR count). The zero-order valence-corrected chi connectivity index (χ0v) is 11.7. The van der Waals surface area contributed by atoms with Crippen LogP contribution >= 0.6 is 0 Å². The van der Waals surface area contributed by atoms with E-state index >= 15 is 0 Å². The molecular weight excluding hydrogens is 266 g/mol. The molecule has 0 bridgehead atoms. The highest BCUT2D eigenvalue weighted by atomic mass is 16.4. The molecule has 6 nitrogen and oxygen atoms in total. The number of para-hydroxylation sites is 2. The van der Waals surface area contributed by atoms with Gasteiger partial charge in [0.25, 0.3) is 6.01 Å².